The number of hydrogen-bond donors (Lipinski definition) is 0. The van der Waals surface area contributed by atoms with Gasteiger partial charge in [0, 0.05) is 12.4 Å². The summed E-state index contributed by atoms with van der Waals surface area (Å²) in [4.78, 5) is 0. The van der Waals surface area contributed by atoms with Gasteiger partial charge in [-0.15, -0.1) is 82.2 Å². The van der Waals surface area contributed by atoms with Gasteiger partial charge in [0.05, 0.1) is 11.0 Å². The van der Waals surface area contributed by atoms with E-state index in [0.29, 0.717) is 0 Å². The third-order valence-electron chi connectivity index (χ3n) is 6.96. The molecule has 8 aromatic rings. The van der Waals surface area contributed by atoms with Gasteiger partial charge in [0.15, 0.2) is 0 Å². The van der Waals surface area contributed by atoms with E-state index in [1.54, 1.807) is 0 Å². The van der Waals surface area contributed by atoms with Gasteiger partial charge in [0.2, 0.25) is 0 Å². The van der Waals surface area contributed by atoms with Crippen molar-refractivity contribution in [1.29, 1.82) is 0 Å². The Balaban J connectivity index is 0.000000168. The molecule has 5 heteroatoms. The molecule has 0 fully saturated rings. The van der Waals surface area contributed by atoms with E-state index in [4.69, 9.17) is 0 Å². The van der Waals surface area contributed by atoms with Gasteiger partial charge < -0.3 is 43.1 Å². The van der Waals surface area contributed by atoms with E-state index >= 15 is 0 Å². The molecule has 2 aromatic heterocycles. The van der Waals surface area contributed by atoms with Crippen LogP contribution in [-0.2, 0) is 26.2 Å². The minimum atomic E-state index is 0. The number of rotatable bonds is 2. The molecule has 2 heterocycles. The van der Waals surface area contributed by atoms with E-state index in [1.807, 2.05) is 0 Å². The number of nitrogens with zero attached hydrogens (tertiary/aromatic N) is 2. The van der Waals surface area contributed by atoms with Crippen LogP contribution in [0.3, 0.4) is 0 Å². The Kier molecular flexibility index (Phi) is 9.28. The molecular formula is C34H24Br2N2Zr. The van der Waals surface area contributed by atoms with Gasteiger partial charge in [-0.2, -0.15) is 0 Å². The first-order chi connectivity index (χ1) is 17.8. The van der Waals surface area contributed by atoms with E-state index in [-0.39, 0.29) is 60.2 Å². The molecule has 0 bridgehead atoms. The van der Waals surface area contributed by atoms with Crippen LogP contribution in [0.2, 0.25) is 0 Å². The molecule has 0 unspecified atom stereocenters. The van der Waals surface area contributed by atoms with Gasteiger partial charge in [-0.25, -0.2) is 0 Å². The Morgan fingerprint density at radius 2 is 0.769 bits per heavy atom. The second kappa shape index (κ2) is 12.5. The number of aromatic nitrogens is 2. The van der Waals surface area contributed by atoms with Gasteiger partial charge in [0.25, 0.3) is 0 Å². The fraction of sp³-hybridized carbons (Fsp3) is 0. The summed E-state index contributed by atoms with van der Waals surface area (Å²) in [6, 6.07) is 47.2. The van der Waals surface area contributed by atoms with Crippen molar-refractivity contribution >= 4 is 43.4 Å². The molecule has 188 valence electrons. The molecule has 0 aliphatic carbocycles. The van der Waals surface area contributed by atoms with Crippen LogP contribution < -0.4 is 34.0 Å². The normalized spacial score (nSPS) is 10.5. The molecule has 0 radical (unpaired) electrons. The minimum Gasteiger partial charge on any atom is -1.00 e. The smallest absolute Gasteiger partial charge is 1.00 e. The summed E-state index contributed by atoms with van der Waals surface area (Å²) >= 11 is 0. The van der Waals surface area contributed by atoms with E-state index in [1.165, 1.54) is 54.7 Å². The summed E-state index contributed by atoms with van der Waals surface area (Å²) < 4.78 is 4.49. The van der Waals surface area contributed by atoms with Gasteiger partial charge in [-0.05, 0) is 46.4 Å². The van der Waals surface area contributed by atoms with E-state index in [0.717, 1.165) is 0 Å². The third-order valence-corrected chi connectivity index (χ3v) is 6.96. The molecule has 8 rings (SSSR count). The molecule has 0 N–H and O–H groups in total. The van der Waals surface area contributed by atoms with Crippen molar-refractivity contribution < 1.29 is 60.2 Å². The molecule has 0 saturated heterocycles. The summed E-state index contributed by atoms with van der Waals surface area (Å²) in [5.74, 6) is 0. The maximum Gasteiger partial charge on any atom is 4.00 e. The molecular weight excluding hydrogens is 687 g/mol. The zero-order chi connectivity index (χ0) is 23.9. The standard InChI is InChI=1S/2C17H12N.2BrH.Zr/c2*1-2-7-15-12-16(11-14(15)6-1)18-10-9-13-5-3-4-8-17(13)18;;;/h2*1-12H;2*1H;/q2*-1;;;+4/p-2. The predicted molar refractivity (Wildman–Crippen MR) is 153 cm³/mol. The summed E-state index contributed by atoms with van der Waals surface area (Å²) in [6.07, 6.45) is 4.28. The van der Waals surface area contributed by atoms with Gasteiger partial charge in [-0.1, -0.05) is 48.5 Å². The van der Waals surface area contributed by atoms with Gasteiger partial charge >= 0.3 is 26.2 Å². The van der Waals surface area contributed by atoms with Crippen molar-refractivity contribution in [2.45, 2.75) is 0 Å². The second-order valence-electron chi connectivity index (χ2n) is 9.17. The van der Waals surface area contributed by atoms with Crippen LogP contribution >= 0.6 is 0 Å². The molecule has 0 aliphatic heterocycles. The third kappa shape index (κ3) is 5.54. The van der Waals surface area contributed by atoms with Crippen molar-refractivity contribution in [2.75, 3.05) is 0 Å². The number of para-hydroxylation sites is 2. The maximum atomic E-state index is 2.25. The van der Waals surface area contributed by atoms with Crippen LogP contribution in [0.4, 0.5) is 0 Å². The van der Waals surface area contributed by atoms with Crippen molar-refractivity contribution in [3.05, 3.63) is 146 Å². The van der Waals surface area contributed by atoms with Crippen LogP contribution in [0.1, 0.15) is 0 Å². The Hall–Kier alpha value is -2.98. The summed E-state index contributed by atoms with van der Waals surface area (Å²) in [6.45, 7) is 0. The van der Waals surface area contributed by atoms with E-state index in [2.05, 4.69) is 155 Å². The summed E-state index contributed by atoms with van der Waals surface area (Å²) in [5, 5.41) is 7.75. The van der Waals surface area contributed by atoms with Gasteiger partial charge in [-0.3, -0.25) is 0 Å². The SMILES string of the molecule is [Br-].[Br-].[Zr+4].c1ccc2[cH-]c(-n3ccc4ccccc43)cc2c1.c1ccc2[cH-]c(-n3ccc4ccccc43)cc2c1. The van der Waals surface area contributed by atoms with Crippen LogP contribution in [0.5, 0.6) is 0 Å². The Morgan fingerprint density at radius 3 is 1.18 bits per heavy atom. The first kappa shape index (κ1) is 29.0. The maximum absolute atomic E-state index is 2.25. The van der Waals surface area contributed by atoms with E-state index < -0.39 is 0 Å². The Morgan fingerprint density at radius 1 is 0.410 bits per heavy atom. The van der Waals surface area contributed by atoms with Crippen LogP contribution in [-0.4, -0.2) is 9.13 Å². The average Bonchev–Trinajstić information content (AvgIpc) is 3.71. The van der Waals surface area contributed by atoms with Crippen molar-refractivity contribution in [3.63, 3.8) is 0 Å². The molecule has 0 atom stereocenters. The summed E-state index contributed by atoms with van der Waals surface area (Å²) in [5.41, 5.74) is 4.98. The van der Waals surface area contributed by atoms with E-state index in [9.17, 15) is 0 Å². The molecule has 2 nitrogen and oxygen atoms in total. The quantitative estimate of drug-likeness (QED) is 0.245. The molecule has 39 heavy (non-hydrogen) atoms. The number of fused-ring (bicyclic) bond motifs is 4. The Labute approximate surface area is 267 Å². The number of hydrogen-bond acceptors (Lipinski definition) is 0. The zero-order valence-corrected chi connectivity index (χ0v) is 26.6. The van der Waals surface area contributed by atoms with Crippen molar-refractivity contribution in [3.8, 4) is 11.4 Å². The first-order valence-corrected chi connectivity index (χ1v) is 12.3. The van der Waals surface area contributed by atoms with Gasteiger partial charge in [0.1, 0.15) is 0 Å². The predicted octanol–water partition coefficient (Wildman–Crippen LogP) is 3.01. The molecule has 0 aliphatic rings. The Bertz CT molecular complexity index is 1760. The zero-order valence-electron chi connectivity index (χ0n) is 21.0. The molecule has 6 aromatic carbocycles. The summed E-state index contributed by atoms with van der Waals surface area (Å²) in [7, 11) is 0. The number of halogens is 2. The minimum absolute atomic E-state index is 0. The fourth-order valence-electron chi connectivity index (χ4n) is 5.16. The largest absolute Gasteiger partial charge is 4.00 e. The topological polar surface area (TPSA) is 9.86 Å². The molecule has 0 spiro atoms. The second-order valence-corrected chi connectivity index (χ2v) is 9.17. The average molecular weight is 712 g/mol. The van der Waals surface area contributed by atoms with Crippen molar-refractivity contribution in [2.24, 2.45) is 0 Å². The number of benzene rings is 4. The van der Waals surface area contributed by atoms with Crippen LogP contribution in [0.25, 0.3) is 54.7 Å². The van der Waals surface area contributed by atoms with Crippen molar-refractivity contribution in [1.82, 2.24) is 9.13 Å². The van der Waals surface area contributed by atoms with Crippen LogP contribution in [0, 0.1) is 0 Å². The molecule has 0 saturated carbocycles. The monoisotopic (exact) mass is 708 g/mol. The van der Waals surface area contributed by atoms with Crippen LogP contribution in [0.15, 0.2) is 146 Å². The molecule has 0 amide bonds. The fourth-order valence-corrected chi connectivity index (χ4v) is 5.16. The first-order valence-electron chi connectivity index (χ1n) is 12.3.